The molecule has 2 fully saturated rings. The predicted molar refractivity (Wildman–Crippen MR) is 178 cm³/mol. The van der Waals surface area contributed by atoms with E-state index in [1.165, 1.54) is 67.7 Å². The molecule has 3 aliphatic heterocycles. The lowest BCUT2D eigenvalue weighted by Crippen LogP contribution is -2.47. The fraction of sp³-hybridized carbons (Fsp3) is 0.441. The van der Waals surface area contributed by atoms with Crippen LogP contribution in [0.5, 0.6) is 0 Å². The van der Waals surface area contributed by atoms with E-state index in [9.17, 15) is 13.2 Å². The first-order chi connectivity index (χ1) is 21.3. The number of carbonyl (C=O) groups is 1. The fourth-order valence-electron chi connectivity index (χ4n) is 7.03. The Hall–Kier alpha value is -2.62. The molecule has 10 heteroatoms. The number of hydrogen-bond donors (Lipinski definition) is 1. The Bertz CT molecular complexity index is 1590. The van der Waals surface area contributed by atoms with Crippen LogP contribution in [-0.4, -0.2) is 69.4 Å². The number of nitrogens with zero attached hydrogens (tertiary/aromatic N) is 3. The summed E-state index contributed by atoms with van der Waals surface area (Å²) in [6, 6.07) is 19.4. The van der Waals surface area contributed by atoms with E-state index in [0.717, 1.165) is 48.8 Å². The number of hydrogen-bond acceptors (Lipinski definition) is 5. The average molecular weight is 656 g/mol. The highest BCUT2D eigenvalue weighted by atomic mass is 35.5. The molecule has 0 saturated carbocycles. The summed E-state index contributed by atoms with van der Waals surface area (Å²) >= 11 is 12.4. The van der Waals surface area contributed by atoms with E-state index in [1.807, 2.05) is 42.5 Å². The number of rotatable bonds is 9. The average Bonchev–Trinajstić information content (AvgIpc) is 3.05. The van der Waals surface area contributed by atoms with Gasteiger partial charge in [0.05, 0.1) is 33.1 Å². The van der Waals surface area contributed by atoms with Crippen LogP contribution in [0.25, 0.3) is 11.1 Å². The molecule has 6 rings (SSSR count). The van der Waals surface area contributed by atoms with Crippen LogP contribution in [0.3, 0.4) is 0 Å². The minimum absolute atomic E-state index is 0.00682. The molecule has 0 spiro atoms. The van der Waals surface area contributed by atoms with Crippen LogP contribution in [0.1, 0.15) is 56.6 Å². The first-order valence-corrected chi connectivity index (χ1v) is 17.9. The van der Waals surface area contributed by atoms with E-state index in [2.05, 4.69) is 15.1 Å². The highest BCUT2D eigenvalue weighted by Gasteiger charge is 2.40. The molecule has 3 aliphatic rings. The quantitative estimate of drug-likeness (QED) is 0.258. The Morgan fingerprint density at radius 2 is 1.55 bits per heavy atom. The second kappa shape index (κ2) is 13.8. The van der Waals surface area contributed by atoms with Gasteiger partial charge in [0.1, 0.15) is 0 Å². The summed E-state index contributed by atoms with van der Waals surface area (Å²) in [5.41, 5.74) is 3.05. The van der Waals surface area contributed by atoms with Crippen LogP contribution in [0, 0.1) is 0 Å². The Morgan fingerprint density at radius 1 is 0.841 bits per heavy atom. The lowest BCUT2D eigenvalue weighted by Gasteiger charge is -2.40. The topological polar surface area (TPSA) is 73.0 Å². The normalized spacial score (nSPS) is 19.8. The molecule has 7 nitrogen and oxygen atoms in total. The highest BCUT2D eigenvalue weighted by molar-refractivity contribution is 7.92. The number of nitrogens with one attached hydrogen (secondary N) is 1. The summed E-state index contributed by atoms with van der Waals surface area (Å²) in [6.07, 6.45) is 7.32. The molecule has 0 aromatic heterocycles. The highest BCUT2D eigenvalue weighted by Crippen LogP contribution is 2.48. The predicted octanol–water partition coefficient (Wildman–Crippen LogP) is 6.76. The summed E-state index contributed by atoms with van der Waals surface area (Å²) in [6.45, 7) is 6.21. The molecule has 3 aromatic rings. The van der Waals surface area contributed by atoms with Crippen LogP contribution in [0.4, 0.5) is 5.69 Å². The molecule has 44 heavy (non-hydrogen) atoms. The minimum Gasteiger partial charge on any atom is -0.356 e. The van der Waals surface area contributed by atoms with Crippen molar-refractivity contribution in [3.05, 3.63) is 82.3 Å². The van der Waals surface area contributed by atoms with E-state index < -0.39 is 16.1 Å². The van der Waals surface area contributed by atoms with Crippen LogP contribution >= 0.6 is 23.2 Å². The number of sulfonamides is 1. The maximum atomic E-state index is 14.3. The maximum Gasteiger partial charge on any atom is 0.264 e. The number of halogens is 2. The molecule has 234 valence electrons. The van der Waals surface area contributed by atoms with Gasteiger partial charge in [-0.1, -0.05) is 72.1 Å². The molecule has 0 aliphatic carbocycles. The molecular formula is C34H40Cl2N4O3S. The van der Waals surface area contributed by atoms with Gasteiger partial charge >= 0.3 is 0 Å². The molecular weight excluding hydrogens is 615 g/mol. The van der Waals surface area contributed by atoms with Gasteiger partial charge in [0.15, 0.2) is 0 Å². The third-order valence-corrected chi connectivity index (χ3v) is 11.9. The van der Waals surface area contributed by atoms with Gasteiger partial charge in [-0.2, -0.15) is 0 Å². The van der Waals surface area contributed by atoms with Gasteiger partial charge in [-0.15, -0.1) is 0 Å². The summed E-state index contributed by atoms with van der Waals surface area (Å²) in [5.74, 6) is -0.178. The Kier molecular flexibility index (Phi) is 9.83. The van der Waals surface area contributed by atoms with E-state index >= 15 is 0 Å². The Balaban J connectivity index is 1.13. The van der Waals surface area contributed by atoms with E-state index in [-0.39, 0.29) is 27.3 Å². The van der Waals surface area contributed by atoms with Crippen molar-refractivity contribution in [1.82, 2.24) is 15.1 Å². The number of piperidine rings is 2. The summed E-state index contributed by atoms with van der Waals surface area (Å²) < 4.78 is 29.9. The number of benzene rings is 3. The Labute approximate surface area is 271 Å². The van der Waals surface area contributed by atoms with Gasteiger partial charge in [0, 0.05) is 18.2 Å². The molecule has 2 saturated heterocycles. The molecule has 0 bridgehead atoms. The molecule has 0 radical (unpaired) electrons. The van der Waals surface area contributed by atoms with E-state index in [4.69, 9.17) is 23.2 Å². The van der Waals surface area contributed by atoms with Crippen molar-refractivity contribution in [2.24, 2.45) is 0 Å². The van der Waals surface area contributed by atoms with Crippen molar-refractivity contribution < 1.29 is 13.2 Å². The van der Waals surface area contributed by atoms with Crippen LogP contribution in [0.15, 0.2) is 71.6 Å². The molecule has 3 aromatic carbocycles. The SMILES string of the molecule is O=C(CC1c2ccccc2-c2ccccc2N1S(=O)(=O)c1ccc(Cl)c(Cl)c1)NCCCN1CCC(N2CCCCC2)CC1. The van der Waals surface area contributed by atoms with Crippen molar-refractivity contribution >= 4 is 44.8 Å². The van der Waals surface area contributed by atoms with Gasteiger partial charge in [0.25, 0.3) is 10.0 Å². The van der Waals surface area contributed by atoms with Crippen molar-refractivity contribution in [2.45, 2.75) is 61.9 Å². The first-order valence-electron chi connectivity index (χ1n) is 15.7. The van der Waals surface area contributed by atoms with Gasteiger partial charge < -0.3 is 15.1 Å². The largest absolute Gasteiger partial charge is 0.356 e. The zero-order chi connectivity index (χ0) is 30.7. The second-order valence-electron chi connectivity index (χ2n) is 12.1. The smallest absolute Gasteiger partial charge is 0.264 e. The third-order valence-electron chi connectivity index (χ3n) is 9.30. The van der Waals surface area contributed by atoms with Crippen LogP contribution in [-0.2, 0) is 14.8 Å². The van der Waals surface area contributed by atoms with E-state index in [1.54, 1.807) is 6.07 Å². The maximum absolute atomic E-state index is 14.3. The zero-order valence-electron chi connectivity index (χ0n) is 24.9. The molecule has 1 N–H and O–H groups in total. The van der Waals surface area contributed by atoms with Crippen molar-refractivity contribution in [3.63, 3.8) is 0 Å². The van der Waals surface area contributed by atoms with Crippen LogP contribution < -0.4 is 9.62 Å². The van der Waals surface area contributed by atoms with Gasteiger partial charge in [0.2, 0.25) is 5.91 Å². The molecule has 3 heterocycles. The number of amides is 1. The number of para-hydroxylation sites is 1. The standard InChI is InChI=1S/C34H40Cl2N4O3S/c35-30-14-13-26(23-31(30)36)44(42,43)40-32-12-5-4-10-28(32)27-9-2-3-11-29(27)33(40)24-34(41)37-17-8-18-38-21-15-25(16-22-38)39-19-6-1-7-20-39/h2-5,9-14,23,25,33H,1,6-8,15-22,24H2,(H,37,41). The summed E-state index contributed by atoms with van der Waals surface area (Å²) in [4.78, 5) is 18.6. The number of anilines is 1. The third kappa shape index (κ3) is 6.65. The van der Waals surface area contributed by atoms with Gasteiger partial charge in [-0.3, -0.25) is 9.10 Å². The molecule has 1 amide bonds. The number of carbonyl (C=O) groups excluding carboxylic acids is 1. The summed E-state index contributed by atoms with van der Waals surface area (Å²) in [5, 5.41) is 3.51. The number of fused-ring (bicyclic) bond motifs is 3. The van der Waals surface area contributed by atoms with Gasteiger partial charge in [-0.05, 0) is 100 Å². The van der Waals surface area contributed by atoms with Crippen LogP contribution in [0.2, 0.25) is 10.0 Å². The lowest BCUT2D eigenvalue weighted by atomic mass is 9.88. The molecule has 1 unspecified atom stereocenters. The number of likely N-dealkylation sites (tertiary alicyclic amines) is 2. The Morgan fingerprint density at radius 3 is 2.30 bits per heavy atom. The minimum atomic E-state index is -4.10. The zero-order valence-corrected chi connectivity index (χ0v) is 27.3. The van der Waals surface area contributed by atoms with Crippen molar-refractivity contribution in [3.8, 4) is 11.1 Å². The summed E-state index contributed by atoms with van der Waals surface area (Å²) in [7, 11) is -4.10. The monoisotopic (exact) mass is 654 g/mol. The second-order valence-corrected chi connectivity index (χ2v) is 14.7. The first kappa shape index (κ1) is 31.4. The van der Waals surface area contributed by atoms with Gasteiger partial charge in [-0.25, -0.2) is 8.42 Å². The fourth-order valence-corrected chi connectivity index (χ4v) is 9.07. The van der Waals surface area contributed by atoms with Crippen molar-refractivity contribution in [2.75, 3.05) is 43.6 Å². The van der Waals surface area contributed by atoms with Crippen molar-refractivity contribution in [1.29, 1.82) is 0 Å². The molecule has 1 atom stereocenters. The van der Waals surface area contributed by atoms with E-state index in [0.29, 0.717) is 12.2 Å². The lowest BCUT2D eigenvalue weighted by molar-refractivity contribution is -0.121.